The number of alkyl halides is 3. The highest BCUT2D eigenvalue weighted by molar-refractivity contribution is 5.50. The van der Waals surface area contributed by atoms with Gasteiger partial charge in [0.25, 0.3) is 0 Å². The summed E-state index contributed by atoms with van der Waals surface area (Å²) in [5, 5.41) is 2.89. The van der Waals surface area contributed by atoms with Crippen LogP contribution < -0.4 is 10.2 Å². The molecule has 1 saturated carbocycles. The molecule has 1 fully saturated rings. The van der Waals surface area contributed by atoms with E-state index in [-0.39, 0.29) is 6.04 Å². The Kier molecular flexibility index (Phi) is 4.06. The van der Waals surface area contributed by atoms with Gasteiger partial charge in [-0.05, 0) is 26.7 Å². The van der Waals surface area contributed by atoms with E-state index in [1.165, 1.54) is 4.90 Å². The molecule has 0 radical (unpaired) electrons. The van der Waals surface area contributed by atoms with Gasteiger partial charge in [-0.1, -0.05) is 0 Å². The standard InChI is InChI=1S/C13H19F3N4/c1-8(2)20(7-13(14,15)16)11-6-10(17-3)18-12(19-11)9-4-5-9/h6,8-9H,4-5,7H2,1-3H3,(H,17,18,19). The Balaban J connectivity index is 2.33. The second kappa shape index (κ2) is 5.46. The second-order valence-corrected chi connectivity index (χ2v) is 5.33. The SMILES string of the molecule is CNc1cc(N(CC(F)(F)F)C(C)C)nc(C2CC2)n1. The molecule has 2 rings (SSSR count). The maximum atomic E-state index is 12.7. The molecule has 1 aromatic rings. The highest BCUT2D eigenvalue weighted by Gasteiger charge is 2.34. The minimum absolute atomic E-state index is 0.289. The number of nitrogens with one attached hydrogen (secondary N) is 1. The summed E-state index contributed by atoms with van der Waals surface area (Å²) < 4.78 is 38.1. The van der Waals surface area contributed by atoms with E-state index in [1.807, 2.05) is 0 Å². The molecule has 7 heteroatoms. The molecule has 112 valence electrons. The zero-order valence-corrected chi connectivity index (χ0v) is 11.8. The highest BCUT2D eigenvalue weighted by Crippen LogP contribution is 2.39. The quantitative estimate of drug-likeness (QED) is 0.903. The van der Waals surface area contributed by atoms with Crippen molar-refractivity contribution < 1.29 is 13.2 Å². The molecule has 1 N–H and O–H groups in total. The molecule has 0 unspecified atom stereocenters. The molecule has 0 bridgehead atoms. The van der Waals surface area contributed by atoms with Crippen molar-refractivity contribution in [2.75, 3.05) is 23.8 Å². The summed E-state index contributed by atoms with van der Waals surface area (Å²) in [5.74, 6) is 1.82. The summed E-state index contributed by atoms with van der Waals surface area (Å²) in [6.07, 6.45) is -2.24. The predicted octanol–water partition coefficient (Wildman–Crippen LogP) is 3.17. The lowest BCUT2D eigenvalue weighted by Crippen LogP contribution is -2.39. The molecule has 1 aliphatic rings. The first-order valence-electron chi connectivity index (χ1n) is 6.70. The first-order valence-corrected chi connectivity index (χ1v) is 6.70. The number of anilines is 2. The average Bonchev–Trinajstić information content (AvgIpc) is 3.18. The normalized spacial score (nSPS) is 15.6. The van der Waals surface area contributed by atoms with Gasteiger partial charge in [-0.15, -0.1) is 0 Å². The van der Waals surface area contributed by atoms with Crippen LogP contribution in [0.1, 0.15) is 38.4 Å². The van der Waals surface area contributed by atoms with Crippen molar-refractivity contribution in [2.45, 2.75) is 44.8 Å². The van der Waals surface area contributed by atoms with Crippen molar-refractivity contribution in [1.29, 1.82) is 0 Å². The van der Waals surface area contributed by atoms with Crippen LogP contribution in [0.2, 0.25) is 0 Å². The summed E-state index contributed by atoms with van der Waals surface area (Å²) >= 11 is 0. The van der Waals surface area contributed by atoms with E-state index in [2.05, 4.69) is 15.3 Å². The summed E-state index contributed by atoms with van der Waals surface area (Å²) in [4.78, 5) is 9.90. The van der Waals surface area contributed by atoms with Gasteiger partial charge in [0, 0.05) is 25.1 Å². The third-order valence-electron chi connectivity index (χ3n) is 3.20. The number of nitrogens with zero attached hydrogens (tertiary/aromatic N) is 3. The molecular formula is C13H19F3N4. The van der Waals surface area contributed by atoms with E-state index in [0.29, 0.717) is 23.4 Å². The Bertz CT molecular complexity index is 469. The molecule has 1 heterocycles. The number of aromatic nitrogens is 2. The van der Waals surface area contributed by atoms with Crippen molar-refractivity contribution in [3.8, 4) is 0 Å². The fourth-order valence-corrected chi connectivity index (χ4v) is 1.97. The smallest absolute Gasteiger partial charge is 0.373 e. The second-order valence-electron chi connectivity index (χ2n) is 5.33. The van der Waals surface area contributed by atoms with Crippen LogP contribution in [0.25, 0.3) is 0 Å². The molecule has 0 saturated heterocycles. The Morgan fingerprint density at radius 3 is 2.45 bits per heavy atom. The minimum atomic E-state index is -4.26. The molecule has 1 aliphatic carbocycles. The lowest BCUT2D eigenvalue weighted by atomic mass is 10.3. The Hall–Kier alpha value is -1.53. The van der Waals surface area contributed by atoms with Gasteiger partial charge in [-0.2, -0.15) is 13.2 Å². The van der Waals surface area contributed by atoms with Crippen molar-refractivity contribution in [3.63, 3.8) is 0 Å². The lowest BCUT2D eigenvalue weighted by molar-refractivity contribution is -0.120. The van der Waals surface area contributed by atoms with E-state index < -0.39 is 12.7 Å². The molecule has 0 spiro atoms. The number of rotatable bonds is 5. The average molecular weight is 288 g/mol. The van der Waals surface area contributed by atoms with Crippen LogP contribution in [-0.4, -0.2) is 35.8 Å². The number of hydrogen-bond donors (Lipinski definition) is 1. The minimum Gasteiger partial charge on any atom is -0.373 e. The fraction of sp³-hybridized carbons (Fsp3) is 0.692. The van der Waals surface area contributed by atoms with Crippen LogP contribution in [0, 0.1) is 0 Å². The van der Waals surface area contributed by atoms with Crippen molar-refractivity contribution in [2.24, 2.45) is 0 Å². The van der Waals surface area contributed by atoms with E-state index in [0.717, 1.165) is 12.8 Å². The van der Waals surface area contributed by atoms with Gasteiger partial charge in [0.1, 0.15) is 24.0 Å². The van der Waals surface area contributed by atoms with Gasteiger partial charge < -0.3 is 10.2 Å². The molecule has 0 atom stereocenters. The first kappa shape index (κ1) is 14.9. The maximum Gasteiger partial charge on any atom is 0.405 e. The van der Waals surface area contributed by atoms with E-state index >= 15 is 0 Å². The van der Waals surface area contributed by atoms with Gasteiger partial charge in [-0.25, -0.2) is 9.97 Å². The van der Waals surface area contributed by atoms with Gasteiger partial charge in [0.05, 0.1) is 0 Å². The lowest BCUT2D eigenvalue weighted by Gasteiger charge is -2.29. The third-order valence-corrected chi connectivity index (χ3v) is 3.20. The Morgan fingerprint density at radius 2 is 2.00 bits per heavy atom. The monoisotopic (exact) mass is 288 g/mol. The van der Waals surface area contributed by atoms with Crippen LogP contribution in [0.15, 0.2) is 6.07 Å². The summed E-state index contributed by atoms with van der Waals surface area (Å²) in [7, 11) is 1.70. The van der Waals surface area contributed by atoms with Gasteiger partial charge in [0.2, 0.25) is 0 Å². The highest BCUT2D eigenvalue weighted by atomic mass is 19.4. The van der Waals surface area contributed by atoms with Gasteiger partial charge >= 0.3 is 6.18 Å². The van der Waals surface area contributed by atoms with Crippen molar-refractivity contribution >= 4 is 11.6 Å². The zero-order chi connectivity index (χ0) is 14.9. The van der Waals surface area contributed by atoms with Gasteiger partial charge in [-0.3, -0.25) is 0 Å². The molecule has 4 nitrogen and oxygen atoms in total. The zero-order valence-electron chi connectivity index (χ0n) is 11.8. The van der Waals surface area contributed by atoms with Crippen LogP contribution in [0.5, 0.6) is 0 Å². The first-order chi connectivity index (χ1) is 9.30. The van der Waals surface area contributed by atoms with Crippen LogP contribution in [0.4, 0.5) is 24.8 Å². The molecular weight excluding hydrogens is 269 g/mol. The van der Waals surface area contributed by atoms with Gasteiger partial charge in [0.15, 0.2) is 0 Å². The van der Waals surface area contributed by atoms with Crippen molar-refractivity contribution in [3.05, 3.63) is 11.9 Å². The predicted molar refractivity (Wildman–Crippen MR) is 72.1 cm³/mol. The van der Waals surface area contributed by atoms with Crippen molar-refractivity contribution in [1.82, 2.24) is 9.97 Å². The summed E-state index contributed by atoms with van der Waals surface area (Å²) in [6.45, 7) is 2.45. The Labute approximate surface area is 116 Å². The van der Waals surface area contributed by atoms with Crippen LogP contribution in [0.3, 0.4) is 0 Å². The van der Waals surface area contributed by atoms with E-state index in [9.17, 15) is 13.2 Å². The molecule has 0 aliphatic heterocycles. The largest absolute Gasteiger partial charge is 0.405 e. The summed E-state index contributed by atoms with van der Waals surface area (Å²) in [5.41, 5.74) is 0. The van der Waals surface area contributed by atoms with Crippen LogP contribution in [-0.2, 0) is 0 Å². The fourth-order valence-electron chi connectivity index (χ4n) is 1.97. The Morgan fingerprint density at radius 1 is 1.35 bits per heavy atom. The van der Waals surface area contributed by atoms with E-state index in [1.54, 1.807) is 27.0 Å². The number of halogens is 3. The molecule has 0 aromatic carbocycles. The summed E-state index contributed by atoms with van der Waals surface area (Å²) in [6, 6.07) is 1.28. The molecule has 1 aromatic heterocycles. The molecule has 0 amide bonds. The third kappa shape index (κ3) is 3.74. The topological polar surface area (TPSA) is 41.0 Å². The van der Waals surface area contributed by atoms with E-state index in [4.69, 9.17) is 0 Å². The van der Waals surface area contributed by atoms with Crippen LogP contribution >= 0.6 is 0 Å². The maximum absolute atomic E-state index is 12.7. The number of hydrogen-bond acceptors (Lipinski definition) is 4. The molecule has 20 heavy (non-hydrogen) atoms.